The third-order valence-electron chi connectivity index (χ3n) is 2.54. The van der Waals surface area contributed by atoms with Crippen molar-refractivity contribution < 1.29 is 0 Å². The average Bonchev–Trinajstić information content (AvgIpc) is 2.74. The number of nitrogens with zero attached hydrogens (tertiary/aromatic N) is 1. The molecule has 1 N–H and O–H groups in total. The number of nitrogens with one attached hydrogen (secondary N) is 1. The number of hydrogen-bond acceptors (Lipinski definition) is 3. The van der Waals surface area contributed by atoms with Crippen LogP contribution in [0.4, 0.5) is 0 Å². The van der Waals surface area contributed by atoms with Gasteiger partial charge in [-0.1, -0.05) is 6.07 Å². The zero-order valence-electron chi connectivity index (χ0n) is 9.83. The highest BCUT2D eigenvalue weighted by Gasteiger charge is 1.99. The van der Waals surface area contributed by atoms with Crippen molar-refractivity contribution in [2.45, 2.75) is 19.3 Å². The quantitative estimate of drug-likeness (QED) is 0.684. The Kier molecular flexibility index (Phi) is 6.64. The van der Waals surface area contributed by atoms with Gasteiger partial charge in [0, 0.05) is 11.4 Å². The molecular weight excluding hydrogens is 204 g/mol. The molecule has 0 radical (unpaired) electrons. The number of rotatable bonds is 8. The molecule has 0 aromatic carbocycles. The van der Waals surface area contributed by atoms with Crippen LogP contribution >= 0.6 is 11.3 Å². The Balaban J connectivity index is 2.01. The van der Waals surface area contributed by atoms with E-state index in [-0.39, 0.29) is 0 Å². The molecular formula is C12H22N2S. The monoisotopic (exact) mass is 226 g/mol. The van der Waals surface area contributed by atoms with Crippen LogP contribution in [0.5, 0.6) is 0 Å². The number of likely N-dealkylation sites (N-methyl/N-ethyl adjacent to an activating group) is 1. The Bertz CT molecular complexity index is 234. The van der Waals surface area contributed by atoms with Crippen molar-refractivity contribution in [1.29, 1.82) is 0 Å². The normalized spacial score (nSPS) is 11.1. The Morgan fingerprint density at radius 1 is 1.33 bits per heavy atom. The van der Waals surface area contributed by atoms with Crippen molar-refractivity contribution in [3.05, 3.63) is 22.4 Å². The minimum atomic E-state index is 1.14. The van der Waals surface area contributed by atoms with Crippen molar-refractivity contribution in [3.63, 3.8) is 0 Å². The molecule has 0 amide bonds. The second-order valence-corrected chi connectivity index (χ2v) is 4.98. The molecule has 1 heterocycles. The molecule has 0 aliphatic carbocycles. The summed E-state index contributed by atoms with van der Waals surface area (Å²) in [5, 5.41) is 5.33. The first-order valence-corrected chi connectivity index (χ1v) is 6.56. The summed E-state index contributed by atoms with van der Waals surface area (Å²) in [6.45, 7) is 3.53. The summed E-state index contributed by atoms with van der Waals surface area (Å²) >= 11 is 1.86. The second kappa shape index (κ2) is 7.85. The van der Waals surface area contributed by atoms with Gasteiger partial charge in [0.1, 0.15) is 0 Å². The number of hydrogen-bond donors (Lipinski definition) is 1. The molecule has 0 atom stereocenters. The molecule has 2 nitrogen and oxygen atoms in total. The molecule has 0 fully saturated rings. The lowest BCUT2D eigenvalue weighted by molar-refractivity contribution is 0.330. The lowest BCUT2D eigenvalue weighted by Crippen LogP contribution is -2.23. The molecule has 0 spiro atoms. The molecule has 86 valence electrons. The maximum absolute atomic E-state index is 3.18. The van der Waals surface area contributed by atoms with Gasteiger partial charge in [-0.15, -0.1) is 11.3 Å². The van der Waals surface area contributed by atoms with Crippen LogP contribution in [0.15, 0.2) is 17.5 Å². The molecule has 0 aliphatic rings. The largest absolute Gasteiger partial charge is 0.320 e. The maximum Gasteiger partial charge on any atom is 0.00579 e. The van der Waals surface area contributed by atoms with Crippen LogP contribution in [-0.2, 0) is 6.42 Å². The first kappa shape index (κ1) is 12.7. The van der Waals surface area contributed by atoms with Gasteiger partial charge in [-0.05, 0) is 57.9 Å². The van der Waals surface area contributed by atoms with Crippen molar-refractivity contribution in [3.8, 4) is 0 Å². The molecule has 1 rings (SSSR count). The van der Waals surface area contributed by atoms with Gasteiger partial charge < -0.3 is 10.2 Å². The molecule has 0 saturated carbocycles. The highest BCUT2D eigenvalue weighted by molar-refractivity contribution is 7.09. The van der Waals surface area contributed by atoms with Gasteiger partial charge in [0.05, 0.1) is 0 Å². The first-order valence-electron chi connectivity index (χ1n) is 5.68. The van der Waals surface area contributed by atoms with E-state index in [4.69, 9.17) is 0 Å². The summed E-state index contributed by atoms with van der Waals surface area (Å²) in [4.78, 5) is 3.92. The third kappa shape index (κ3) is 5.92. The molecule has 0 unspecified atom stereocenters. The van der Waals surface area contributed by atoms with E-state index in [9.17, 15) is 0 Å². The minimum Gasteiger partial charge on any atom is -0.320 e. The molecule has 0 aliphatic heterocycles. The fourth-order valence-electron chi connectivity index (χ4n) is 1.55. The van der Waals surface area contributed by atoms with Gasteiger partial charge in [0.25, 0.3) is 0 Å². The van der Waals surface area contributed by atoms with Crippen LogP contribution in [0, 0.1) is 0 Å². The van der Waals surface area contributed by atoms with Gasteiger partial charge >= 0.3 is 0 Å². The van der Waals surface area contributed by atoms with Gasteiger partial charge in [0.2, 0.25) is 0 Å². The predicted octanol–water partition coefficient (Wildman–Crippen LogP) is 2.22. The van der Waals surface area contributed by atoms with E-state index in [0.29, 0.717) is 0 Å². The summed E-state index contributed by atoms with van der Waals surface area (Å²) in [6, 6.07) is 4.35. The van der Waals surface area contributed by atoms with Crippen molar-refractivity contribution >= 4 is 11.3 Å². The van der Waals surface area contributed by atoms with E-state index in [2.05, 4.69) is 34.8 Å². The Morgan fingerprint density at radius 3 is 2.87 bits per heavy atom. The highest BCUT2D eigenvalue weighted by atomic mass is 32.1. The third-order valence-corrected chi connectivity index (χ3v) is 3.47. The van der Waals surface area contributed by atoms with E-state index in [0.717, 1.165) is 6.54 Å². The average molecular weight is 226 g/mol. The van der Waals surface area contributed by atoms with Crippen molar-refractivity contribution in [2.24, 2.45) is 0 Å². The van der Waals surface area contributed by atoms with E-state index in [1.807, 2.05) is 18.4 Å². The zero-order chi connectivity index (χ0) is 10.9. The maximum atomic E-state index is 3.18. The number of thiophene rings is 1. The van der Waals surface area contributed by atoms with E-state index >= 15 is 0 Å². The smallest absolute Gasteiger partial charge is 0.00579 e. The van der Waals surface area contributed by atoms with Crippen molar-refractivity contribution in [1.82, 2.24) is 10.2 Å². The Hall–Kier alpha value is -0.380. The zero-order valence-corrected chi connectivity index (χ0v) is 10.6. The van der Waals surface area contributed by atoms with Crippen LogP contribution in [-0.4, -0.2) is 38.6 Å². The Labute approximate surface area is 97.3 Å². The van der Waals surface area contributed by atoms with Crippen LogP contribution in [0.25, 0.3) is 0 Å². The Morgan fingerprint density at radius 2 is 2.20 bits per heavy atom. The standard InChI is InChI=1S/C12H22N2S/c1-13-8-3-4-9-14(2)10-7-12-6-5-11-15-12/h5-6,11,13H,3-4,7-10H2,1-2H3. The second-order valence-electron chi connectivity index (χ2n) is 3.94. The lowest BCUT2D eigenvalue weighted by atomic mass is 10.2. The number of unbranched alkanes of at least 4 members (excludes halogenated alkanes) is 1. The van der Waals surface area contributed by atoms with Crippen LogP contribution in [0.3, 0.4) is 0 Å². The molecule has 0 saturated heterocycles. The minimum absolute atomic E-state index is 1.14. The van der Waals surface area contributed by atoms with Gasteiger partial charge in [-0.25, -0.2) is 0 Å². The fraction of sp³-hybridized carbons (Fsp3) is 0.667. The van der Waals surface area contributed by atoms with E-state index in [1.165, 1.54) is 37.2 Å². The summed E-state index contributed by atoms with van der Waals surface area (Å²) in [6.07, 6.45) is 3.77. The molecule has 3 heteroatoms. The molecule has 0 bridgehead atoms. The fourth-order valence-corrected chi connectivity index (χ4v) is 2.25. The van der Waals surface area contributed by atoms with Gasteiger partial charge in [0.15, 0.2) is 0 Å². The van der Waals surface area contributed by atoms with E-state index < -0.39 is 0 Å². The lowest BCUT2D eigenvalue weighted by Gasteiger charge is -2.15. The summed E-state index contributed by atoms with van der Waals surface area (Å²) in [5.41, 5.74) is 0. The topological polar surface area (TPSA) is 15.3 Å². The molecule has 1 aromatic rings. The first-order chi connectivity index (χ1) is 7.33. The van der Waals surface area contributed by atoms with Crippen LogP contribution in [0.2, 0.25) is 0 Å². The van der Waals surface area contributed by atoms with Crippen molar-refractivity contribution in [2.75, 3.05) is 33.7 Å². The molecule has 15 heavy (non-hydrogen) atoms. The summed E-state index contributed by atoms with van der Waals surface area (Å²) in [5.74, 6) is 0. The van der Waals surface area contributed by atoms with Gasteiger partial charge in [-0.2, -0.15) is 0 Å². The van der Waals surface area contributed by atoms with E-state index in [1.54, 1.807) is 0 Å². The SMILES string of the molecule is CNCCCCN(C)CCc1cccs1. The van der Waals surface area contributed by atoms with Crippen LogP contribution < -0.4 is 5.32 Å². The molecule has 1 aromatic heterocycles. The van der Waals surface area contributed by atoms with Gasteiger partial charge in [-0.3, -0.25) is 0 Å². The van der Waals surface area contributed by atoms with Crippen LogP contribution in [0.1, 0.15) is 17.7 Å². The summed E-state index contributed by atoms with van der Waals surface area (Å²) in [7, 11) is 4.23. The summed E-state index contributed by atoms with van der Waals surface area (Å²) < 4.78 is 0. The predicted molar refractivity (Wildman–Crippen MR) is 68.7 cm³/mol. The highest BCUT2D eigenvalue weighted by Crippen LogP contribution is 2.09.